The van der Waals surface area contributed by atoms with Crippen LogP contribution in [0.15, 0.2) is 24.3 Å². The summed E-state index contributed by atoms with van der Waals surface area (Å²) in [5.74, 6) is 0.755. The Morgan fingerprint density at radius 3 is 2.61 bits per heavy atom. The molecule has 1 N–H and O–H groups in total. The SMILES string of the molecule is CCCNC(c1ccccc1Cl)C1CCCCC1. The summed E-state index contributed by atoms with van der Waals surface area (Å²) in [5, 5.41) is 4.63. The van der Waals surface area contributed by atoms with E-state index >= 15 is 0 Å². The molecule has 0 saturated heterocycles. The highest BCUT2D eigenvalue weighted by Crippen LogP contribution is 2.36. The van der Waals surface area contributed by atoms with Crippen molar-refractivity contribution in [3.05, 3.63) is 34.9 Å². The monoisotopic (exact) mass is 265 g/mol. The fourth-order valence-corrected chi connectivity index (χ4v) is 3.28. The van der Waals surface area contributed by atoms with Gasteiger partial charge in [-0.05, 0) is 43.4 Å². The van der Waals surface area contributed by atoms with E-state index in [4.69, 9.17) is 11.6 Å². The molecular weight excluding hydrogens is 242 g/mol. The molecule has 0 radical (unpaired) electrons. The summed E-state index contributed by atoms with van der Waals surface area (Å²) in [7, 11) is 0. The van der Waals surface area contributed by atoms with Crippen LogP contribution in [0.3, 0.4) is 0 Å². The molecule has 18 heavy (non-hydrogen) atoms. The lowest BCUT2D eigenvalue weighted by Gasteiger charge is -2.32. The second-order valence-corrected chi connectivity index (χ2v) is 5.76. The highest BCUT2D eigenvalue weighted by molar-refractivity contribution is 6.31. The molecule has 1 unspecified atom stereocenters. The lowest BCUT2D eigenvalue weighted by molar-refractivity contribution is 0.272. The highest BCUT2D eigenvalue weighted by Gasteiger charge is 2.25. The summed E-state index contributed by atoms with van der Waals surface area (Å²) in [6.07, 6.45) is 8.01. The minimum Gasteiger partial charge on any atom is -0.310 e. The van der Waals surface area contributed by atoms with Gasteiger partial charge in [0.05, 0.1) is 0 Å². The van der Waals surface area contributed by atoms with Crippen molar-refractivity contribution in [1.29, 1.82) is 0 Å². The maximum absolute atomic E-state index is 6.38. The van der Waals surface area contributed by atoms with Gasteiger partial charge in [0.2, 0.25) is 0 Å². The molecule has 0 heterocycles. The van der Waals surface area contributed by atoms with Gasteiger partial charge >= 0.3 is 0 Å². The summed E-state index contributed by atoms with van der Waals surface area (Å²) >= 11 is 6.38. The van der Waals surface area contributed by atoms with E-state index in [1.54, 1.807) is 0 Å². The van der Waals surface area contributed by atoms with Crippen LogP contribution in [-0.4, -0.2) is 6.54 Å². The highest BCUT2D eigenvalue weighted by atomic mass is 35.5. The third-order valence-corrected chi connectivity index (χ3v) is 4.32. The molecule has 1 nitrogen and oxygen atoms in total. The zero-order valence-corrected chi connectivity index (χ0v) is 12.0. The van der Waals surface area contributed by atoms with Crippen molar-refractivity contribution < 1.29 is 0 Å². The molecule has 1 aromatic carbocycles. The van der Waals surface area contributed by atoms with Gasteiger partial charge in [0.1, 0.15) is 0 Å². The molecule has 0 spiro atoms. The molecule has 0 aliphatic heterocycles. The van der Waals surface area contributed by atoms with Crippen molar-refractivity contribution in [2.24, 2.45) is 5.92 Å². The van der Waals surface area contributed by atoms with Crippen LogP contribution in [0.5, 0.6) is 0 Å². The Bertz CT molecular complexity index is 358. The van der Waals surface area contributed by atoms with Crippen molar-refractivity contribution in [1.82, 2.24) is 5.32 Å². The number of benzene rings is 1. The Labute approximate surface area is 116 Å². The van der Waals surface area contributed by atoms with E-state index in [2.05, 4.69) is 24.4 Å². The molecule has 2 heteroatoms. The molecule has 0 bridgehead atoms. The van der Waals surface area contributed by atoms with Crippen molar-refractivity contribution >= 4 is 11.6 Å². The van der Waals surface area contributed by atoms with E-state index < -0.39 is 0 Å². The van der Waals surface area contributed by atoms with Gasteiger partial charge in [0.25, 0.3) is 0 Å². The minimum atomic E-state index is 0.443. The molecule has 1 atom stereocenters. The predicted octanol–water partition coefficient (Wildman–Crippen LogP) is 4.96. The number of rotatable bonds is 5. The lowest BCUT2D eigenvalue weighted by Crippen LogP contribution is -2.30. The molecule has 1 fully saturated rings. The Hall–Kier alpha value is -0.530. The molecule has 2 rings (SSSR count). The molecule has 1 aliphatic rings. The fraction of sp³-hybridized carbons (Fsp3) is 0.625. The average molecular weight is 266 g/mol. The zero-order chi connectivity index (χ0) is 12.8. The fourth-order valence-electron chi connectivity index (χ4n) is 3.03. The topological polar surface area (TPSA) is 12.0 Å². The zero-order valence-electron chi connectivity index (χ0n) is 11.3. The van der Waals surface area contributed by atoms with E-state index in [0.717, 1.165) is 17.5 Å². The first-order valence-electron chi connectivity index (χ1n) is 7.30. The smallest absolute Gasteiger partial charge is 0.0453 e. The van der Waals surface area contributed by atoms with Crippen molar-refractivity contribution in [2.75, 3.05) is 6.54 Å². The van der Waals surface area contributed by atoms with Crippen molar-refractivity contribution in [3.8, 4) is 0 Å². The van der Waals surface area contributed by atoms with E-state index in [1.807, 2.05) is 12.1 Å². The Morgan fingerprint density at radius 1 is 1.22 bits per heavy atom. The predicted molar refractivity (Wildman–Crippen MR) is 79.1 cm³/mol. The van der Waals surface area contributed by atoms with Crippen LogP contribution in [0.1, 0.15) is 57.1 Å². The van der Waals surface area contributed by atoms with Gasteiger partial charge in [-0.3, -0.25) is 0 Å². The standard InChI is InChI=1S/C16H24ClN/c1-2-12-18-16(13-8-4-3-5-9-13)14-10-6-7-11-15(14)17/h6-7,10-11,13,16,18H,2-5,8-9,12H2,1H3. The second kappa shape index (κ2) is 7.16. The van der Waals surface area contributed by atoms with Gasteiger partial charge in [0.15, 0.2) is 0 Å². The van der Waals surface area contributed by atoms with E-state index in [0.29, 0.717) is 6.04 Å². The maximum Gasteiger partial charge on any atom is 0.0453 e. The Morgan fingerprint density at radius 2 is 1.94 bits per heavy atom. The average Bonchev–Trinajstić information content (AvgIpc) is 2.42. The lowest BCUT2D eigenvalue weighted by atomic mass is 9.81. The van der Waals surface area contributed by atoms with Crippen LogP contribution in [0.2, 0.25) is 5.02 Å². The first kappa shape index (κ1) is 13.9. The van der Waals surface area contributed by atoms with Crippen LogP contribution in [0.25, 0.3) is 0 Å². The first-order chi connectivity index (χ1) is 8.83. The molecule has 0 aromatic heterocycles. The molecule has 1 saturated carbocycles. The van der Waals surface area contributed by atoms with Gasteiger partial charge in [-0.25, -0.2) is 0 Å². The largest absolute Gasteiger partial charge is 0.310 e. The molecule has 1 aliphatic carbocycles. The summed E-state index contributed by atoms with van der Waals surface area (Å²) in [6.45, 7) is 3.30. The van der Waals surface area contributed by atoms with E-state index in [-0.39, 0.29) is 0 Å². The van der Waals surface area contributed by atoms with Gasteiger partial charge < -0.3 is 5.32 Å². The summed E-state index contributed by atoms with van der Waals surface area (Å²) < 4.78 is 0. The summed E-state index contributed by atoms with van der Waals surface area (Å²) in [6, 6.07) is 8.76. The second-order valence-electron chi connectivity index (χ2n) is 5.35. The molecular formula is C16H24ClN. The number of halogens is 1. The van der Waals surface area contributed by atoms with Crippen LogP contribution in [0, 0.1) is 5.92 Å². The van der Waals surface area contributed by atoms with Crippen LogP contribution < -0.4 is 5.32 Å². The summed E-state index contributed by atoms with van der Waals surface area (Å²) in [5.41, 5.74) is 1.29. The van der Waals surface area contributed by atoms with Gasteiger partial charge in [-0.2, -0.15) is 0 Å². The quantitative estimate of drug-likeness (QED) is 0.793. The van der Waals surface area contributed by atoms with Gasteiger partial charge in [-0.1, -0.05) is 56.0 Å². The minimum absolute atomic E-state index is 0.443. The molecule has 100 valence electrons. The Balaban J connectivity index is 2.15. The first-order valence-corrected chi connectivity index (χ1v) is 7.68. The third-order valence-electron chi connectivity index (χ3n) is 3.98. The molecule has 1 aromatic rings. The number of hydrogen-bond acceptors (Lipinski definition) is 1. The number of hydrogen-bond donors (Lipinski definition) is 1. The maximum atomic E-state index is 6.38. The van der Waals surface area contributed by atoms with Crippen molar-refractivity contribution in [3.63, 3.8) is 0 Å². The normalized spacial score (nSPS) is 18.8. The molecule has 0 amide bonds. The van der Waals surface area contributed by atoms with Gasteiger partial charge in [0, 0.05) is 11.1 Å². The van der Waals surface area contributed by atoms with Crippen LogP contribution in [-0.2, 0) is 0 Å². The summed E-state index contributed by atoms with van der Waals surface area (Å²) in [4.78, 5) is 0. The van der Waals surface area contributed by atoms with Gasteiger partial charge in [-0.15, -0.1) is 0 Å². The van der Waals surface area contributed by atoms with E-state index in [1.165, 1.54) is 44.1 Å². The van der Waals surface area contributed by atoms with Crippen molar-refractivity contribution in [2.45, 2.75) is 51.5 Å². The third kappa shape index (κ3) is 3.49. The number of nitrogens with one attached hydrogen (secondary N) is 1. The van der Waals surface area contributed by atoms with E-state index in [9.17, 15) is 0 Å². The van der Waals surface area contributed by atoms with Crippen LogP contribution in [0.4, 0.5) is 0 Å². The Kier molecular flexibility index (Phi) is 5.52. The van der Waals surface area contributed by atoms with Crippen LogP contribution >= 0.6 is 11.6 Å².